The first-order chi connectivity index (χ1) is 19.0. The van der Waals surface area contributed by atoms with Gasteiger partial charge in [0.05, 0.1) is 22.7 Å². The Bertz CT molecular complexity index is 1430. The zero-order chi connectivity index (χ0) is 30.6. The summed E-state index contributed by atoms with van der Waals surface area (Å²) in [6.45, 7) is 5.55. The van der Waals surface area contributed by atoms with E-state index in [1.54, 1.807) is 23.1 Å². The van der Waals surface area contributed by atoms with Crippen molar-refractivity contribution < 1.29 is 40.2 Å². The minimum atomic E-state index is -4.83. The summed E-state index contributed by atoms with van der Waals surface area (Å²) in [4.78, 5) is 1.74. The molecule has 0 aliphatic rings. The third kappa shape index (κ3) is 8.98. The zero-order valence-corrected chi connectivity index (χ0v) is 24.1. The molecule has 0 saturated carbocycles. The Balaban J connectivity index is 1.76. The highest BCUT2D eigenvalue weighted by atomic mass is 32.2. The van der Waals surface area contributed by atoms with Crippen molar-refractivity contribution >= 4 is 9.84 Å². The van der Waals surface area contributed by atoms with Gasteiger partial charge < -0.3 is 9.84 Å². The van der Waals surface area contributed by atoms with Gasteiger partial charge in [0.2, 0.25) is 0 Å². The Kier molecular flexibility index (Phi) is 10.2. The lowest BCUT2D eigenvalue weighted by Crippen LogP contribution is -2.30. The Hall–Kier alpha value is -3.02. The van der Waals surface area contributed by atoms with Gasteiger partial charge in [-0.1, -0.05) is 37.3 Å². The number of nitrogens with zero attached hydrogens (tertiary/aromatic N) is 1. The van der Waals surface area contributed by atoms with Crippen molar-refractivity contribution in [3.05, 3.63) is 94.6 Å². The minimum absolute atomic E-state index is 0.0581. The zero-order valence-electron chi connectivity index (χ0n) is 23.3. The summed E-state index contributed by atoms with van der Waals surface area (Å²) in [5.74, 6) is -1.59. The summed E-state index contributed by atoms with van der Waals surface area (Å²) in [5.41, 5.74) is -1.78. The second-order valence-corrected chi connectivity index (χ2v) is 12.6. The van der Waals surface area contributed by atoms with Crippen LogP contribution in [0.1, 0.15) is 55.4 Å². The van der Waals surface area contributed by atoms with Crippen molar-refractivity contribution in [1.82, 2.24) is 4.90 Å². The highest BCUT2D eigenvalue weighted by Crippen LogP contribution is 2.33. The lowest BCUT2D eigenvalue weighted by atomic mass is 9.98. The highest BCUT2D eigenvalue weighted by Gasteiger charge is 2.35. The van der Waals surface area contributed by atoms with Crippen molar-refractivity contribution in [2.75, 3.05) is 26.0 Å². The number of benzene rings is 3. The lowest BCUT2D eigenvalue weighted by molar-refractivity contribution is -0.140. The maximum Gasteiger partial charge on any atom is 0.419 e. The second kappa shape index (κ2) is 12.9. The van der Waals surface area contributed by atoms with E-state index in [0.717, 1.165) is 11.8 Å². The second-order valence-electron chi connectivity index (χ2n) is 10.7. The number of ether oxygens (including phenoxy) is 1. The summed E-state index contributed by atoms with van der Waals surface area (Å²) in [6.07, 6.45) is -3.40. The third-order valence-corrected chi connectivity index (χ3v) is 7.78. The van der Waals surface area contributed by atoms with E-state index in [2.05, 4.69) is 0 Å². The van der Waals surface area contributed by atoms with Gasteiger partial charge in [-0.2, -0.15) is 13.2 Å². The van der Waals surface area contributed by atoms with Crippen LogP contribution in [0.15, 0.2) is 65.6 Å². The van der Waals surface area contributed by atoms with Gasteiger partial charge in [-0.3, -0.25) is 4.90 Å². The van der Waals surface area contributed by atoms with Gasteiger partial charge in [0.1, 0.15) is 17.4 Å². The fourth-order valence-corrected chi connectivity index (χ4v) is 5.61. The van der Waals surface area contributed by atoms with Gasteiger partial charge in [0.25, 0.3) is 0 Å². The van der Waals surface area contributed by atoms with Gasteiger partial charge in [-0.15, -0.1) is 0 Å². The molecule has 0 aromatic heterocycles. The molecule has 1 unspecified atom stereocenters. The van der Waals surface area contributed by atoms with Gasteiger partial charge >= 0.3 is 6.18 Å². The van der Waals surface area contributed by atoms with Crippen molar-refractivity contribution in [2.45, 2.75) is 56.3 Å². The molecule has 3 aromatic rings. The monoisotopic (exact) mass is 599 g/mol. The van der Waals surface area contributed by atoms with Crippen molar-refractivity contribution in [3.63, 3.8) is 0 Å². The molecule has 0 fully saturated rings. The molecule has 0 aliphatic heterocycles. The normalized spacial score (nSPS) is 13.4. The van der Waals surface area contributed by atoms with Crippen LogP contribution in [-0.4, -0.2) is 44.4 Å². The van der Waals surface area contributed by atoms with E-state index in [4.69, 9.17) is 4.74 Å². The molecule has 0 bridgehead atoms. The molecule has 11 heteroatoms. The van der Waals surface area contributed by atoms with Crippen LogP contribution < -0.4 is 4.74 Å². The van der Waals surface area contributed by atoms with Crippen molar-refractivity contribution in [3.8, 4) is 5.75 Å². The number of halogens is 5. The van der Waals surface area contributed by atoms with Crippen LogP contribution in [0.25, 0.3) is 0 Å². The highest BCUT2D eigenvalue weighted by molar-refractivity contribution is 7.90. The number of alkyl halides is 3. The molecule has 41 heavy (non-hydrogen) atoms. The van der Waals surface area contributed by atoms with E-state index in [1.165, 1.54) is 50.2 Å². The predicted octanol–water partition coefficient (Wildman–Crippen LogP) is 6.69. The van der Waals surface area contributed by atoms with Crippen LogP contribution in [0.5, 0.6) is 5.75 Å². The van der Waals surface area contributed by atoms with Gasteiger partial charge in [0.15, 0.2) is 9.84 Å². The molecule has 0 amide bonds. The molecule has 1 N–H and O–H groups in total. The number of hydrogen-bond donors (Lipinski definition) is 1. The lowest BCUT2D eigenvalue weighted by Gasteiger charge is -2.27. The number of hydrogen-bond acceptors (Lipinski definition) is 5. The molecular weight excluding hydrogens is 565 g/mol. The van der Waals surface area contributed by atoms with Crippen LogP contribution in [0.2, 0.25) is 0 Å². The summed E-state index contributed by atoms with van der Waals surface area (Å²) in [5, 5.41) is 10.4. The first-order valence-electron chi connectivity index (χ1n) is 13.0. The van der Waals surface area contributed by atoms with E-state index < -0.39 is 38.8 Å². The SMILES string of the molecule is CC(CN(CCCOc1ccc(C(C)(C)O)c(S(C)(=O)=O)c1)Cc1cccc(C(F)(F)F)c1F)c1ccc(F)cc1. The molecule has 5 nitrogen and oxygen atoms in total. The molecule has 0 radical (unpaired) electrons. The number of aliphatic hydroxyl groups is 1. The minimum Gasteiger partial charge on any atom is -0.494 e. The van der Waals surface area contributed by atoms with Gasteiger partial charge in [-0.05, 0) is 62.1 Å². The molecular formula is C30H34F5NO4S. The van der Waals surface area contributed by atoms with Gasteiger partial charge in [-0.25, -0.2) is 17.2 Å². The standard InChI is InChI=1S/C30H34F5NO4S/c1-20(21-9-11-23(31)12-10-21)18-36(19-22-7-5-8-26(28(22)32)30(33,34)35)15-6-16-40-24-13-14-25(29(2,3)37)27(17-24)41(4,38)39/h5,7-14,17,20,37H,6,15-16,18-19H2,1-4H3. The first-order valence-corrected chi connectivity index (χ1v) is 14.9. The number of rotatable bonds is 12. The predicted molar refractivity (Wildman–Crippen MR) is 146 cm³/mol. The molecule has 0 spiro atoms. The summed E-state index contributed by atoms with van der Waals surface area (Å²) < 4.78 is 98.4. The largest absolute Gasteiger partial charge is 0.494 e. The maximum absolute atomic E-state index is 14.8. The maximum atomic E-state index is 14.8. The fourth-order valence-electron chi connectivity index (χ4n) is 4.56. The Morgan fingerprint density at radius 3 is 2.22 bits per heavy atom. The Labute approximate surface area is 237 Å². The molecule has 0 aliphatic carbocycles. The van der Waals surface area contributed by atoms with Crippen LogP contribution in [-0.2, 0) is 28.2 Å². The molecule has 0 heterocycles. The fraction of sp³-hybridized carbons (Fsp3) is 0.400. The first kappa shape index (κ1) is 32.5. The van der Waals surface area contributed by atoms with E-state index in [1.807, 2.05) is 6.92 Å². The average Bonchev–Trinajstić information content (AvgIpc) is 2.86. The molecule has 3 rings (SSSR count). The quantitative estimate of drug-likeness (QED) is 0.186. The van der Waals surface area contributed by atoms with Crippen LogP contribution in [0.4, 0.5) is 22.0 Å². The summed E-state index contributed by atoms with van der Waals surface area (Å²) >= 11 is 0. The molecule has 3 aromatic carbocycles. The van der Waals surface area contributed by atoms with E-state index in [0.29, 0.717) is 25.6 Å². The van der Waals surface area contributed by atoms with Gasteiger partial charge in [0, 0.05) is 37.0 Å². The third-order valence-electron chi connectivity index (χ3n) is 6.65. The molecule has 1 atom stereocenters. The summed E-state index contributed by atoms with van der Waals surface area (Å²) in [6, 6.07) is 13.5. The number of sulfone groups is 1. The average molecular weight is 600 g/mol. The van der Waals surface area contributed by atoms with E-state index in [9.17, 15) is 35.5 Å². The van der Waals surface area contributed by atoms with Crippen LogP contribution >= 0.6 is 0 Å². The summed E-state index contributed by atoms with van der Waals surface area (Å²) in [7, 11) is -3.67. The smallest absolute Gasteiger partial charge is 0.419 e. The van der Waals surface area contributed by atoms with E-state index >= 15 is 0 Å². The Morgan fingerprint density at radius 2 is 1.63 bits per heavy atom. The van der Waals surface area contributed by atoms with Crippen LogP contribution in [0, 0.1) is 11.6 Å². The Morgan fingerprint density at radius 1 is 0.976 bits per heavy atom. The molecule has 0 saturated heterocycles. The van der Waals surface area contributed by atoms with Crippen molar-refractivity contribution in [1.29, 1.82) is 0 Å². The molecule has 224 valence electrons. The van der Waals surface area contributed by atoms with E-state index in [-0.39, 0.29) is 40.8 Å². The van der Waals surface area contributed by atoms with Crippen molar-refractivity contribution in [2.24, 2.45) is 0 Å². The van der Waals surface area contributed by atoms with Crippen LogP contribution in [0.3, 0.4) is 0 Å². The topological polar surface area (TPSA) is 66.8 Å².